The Labute approximate surface area is 278 Å². The lowest BCUT2D eigenvalue weighted by Crippen LogP contribution is -2.58. The van der Waals surface area contributed by atoms with E-state index in [1.165, 1.54) is 6.34 Å². The van der Waals surface area contributed by atoms with Gasteiger partial charge >= 0.3 is 0 Å². The molecule has 0 saturated heterocycles. The zero-order chi connectivity index (χ0) is 34.5. The molecule has 4 amide bonds. The van der Waals surface area contributed by atoms with E-state index in [2.05, 4.69) is 41.2 Å². The van der Waals surface area contributed by atoms with Gasteiger partial charge in [-0.2, -0.15) is 0 Å². The number of H-pyrrole nitrogens is 1. The third-order valence-corrected chi connectivity index (χ3v) is 7.98. The molecule has 0 spiro atoms. The summed E-state index contributed by atoms with van der Waals surface area (Å²) in [6.07, 6.45) is 5.94. The van der Waals surface area contributed by atoms with Gasteiger partial charge < -0.3 is 43.5 Å². The quantitative estimate of drug-likeness (QED) is 0.0501. The van der Waals surface area contributed by atoms with Crippen molar-refractivity contribution in [2.24, 2.45) is 32.2 Å². The van der Waals surface area contributed by atoms with E-state index in [0.29, 0.717) is 12.8 Å². The van der Waals surface area contributed by atoms with Gasteiger partial charge in [-0.25, -0.2) is 4.99 Å². The van der Waals surface area contributed by atoms with Crippen molar-refractivity contribution in [2.45, 2.75) is 62.3 Å². The lowest BCUT2D eigenvalue weighted by Gasteiger charge is -2.26. The van der Waals surface area contributed by atoms with Gasteiger partial charge in [-0.05, 0) is 43.5 Å². The Morgan fingerprint density at radius 2 is 1.52 bits per heavy atom. The van der Waals surface area contributed by atoms with Crippen molar-refractivity contribution >= 4 is 53.0 Å². The molecule has 0 radical (unpaired) electrons. The summed E-state index contributed by atoms with van der Waals surface area (Å²) < 4.78 is 0. The topological polar surface area (TPSA) is 247 Å². The number of carbonyl (C=O) groups excluding carboxylic acids is 4. The number of nitrogens with zero attached hydrogens (tertiary/aromatic N) is 3. The summed E-state index contributed by atoms with van der Waals surface area (Å²) in [7, 11) is 1.65. The third-order valence-electron chi connectivity index (χ3n) is 7.98. The second kappa shape index (κ2) is 17.4. The smallest absolute Gasteiger partial charge is 0.243 e. The van der Waals surface area contributed by atoms with Gasteiger partial charge in [-0.3, -0.25) is 29.2 Å². The van der Waals surface area contributed by atoms with Crippen LogP contribution in [0.15, 0.2) is 75.8 Å². The molecule has 2 aromatic carbocycles. The highest BCUT2D eigenvalue weighted by Gasteiger charge is 2.31. The fourth-order valence-corrected chi connectivity index (χ4v) is 5.41. The molecule has 2 heterocycles. The molecule has 5 atom stereocenters. The molecule has 1 aromatic heterocycles. The normalized spacial score (nSPS) is 16.1. The van der Waals surface area contributed by atoms with Crippen molar-refractivity contribution in [3.05, 3.63) is 71.9 Å². The van der Waals surface area contributed by atoms with Crippen LogP contribution in [0.5, 0.6) is 0 Å². The summed E-state index contributed by atoms with van der Waals surface area (Å²) >= 11 is 0. The maximum absolute atomic E-state index is 13.9. The first kappa shape index (κ1) is 35.3. The number of hydrogen-bond acceptors (Lipinski definition) is 8. The number of fused-ring (bicyclic) bond motifs is 1. The van der Waals surface area contributed by atoms with Crippen molar-refractivity contribution in [1.29, 1.82) is 0 Å². The molecule has 0 fully saturated rings. The zero-order valence-corrected chi connectivity index (χ0v) is 26.8. The van der Waals surface area contributed by atoms with Gasteiger partial charge in [0.05, 0.1) is 12.1 Å². The Balaban J connectivity index is 1.52. The molecular formula is C33H43N11O4. The number of rotatable bonds is 18. The molecular weight excluding hydrogens is 614 g/mol. The van der Waals surface area contributed by atoms with Gasteiger partial charge in [0.1, 0.15) is 24.5 Å². The first-order valence-corrected chi connectivity index (χ1v) is 15.7. The van der Waals surface area contributed by atoms with Crippen LogP contribution in [-0.4, -0.2) is 90.9 Å². The molecule has 0 saturated carbocycles. The van der Waals surface area contributed by atoms with Gasteiger partial charge in [-0.1, -0.05) is 48.5 Å². The number of nitrogens with two attached hydrogens (primary N) is 3. The number of para-hydroxylation sites is 1. The van der Waals surface area contributed by atoms with E-state index >= 15 is 0 Å². The van der Waals surface area contributed by atoms with Crippen molar-refractivity contribution in [2.75, 3.05) is 13.6 Å². The Hall–Kier alpha value is -5.57. The molecule has 15 heteroatoms. The molecule has 1 aliphatic rings. The first-order valence-electron chi connectivity index (χ1n) is 15.7. The number of aromatic nitrogens is 1. The molecule has 1 aliphatic heterocycles. The number of carbonyl (C=O) groups is 4. The predicted molar refractivity (Wildman–Crippen MR) is 185 cm³/mol. The summed E-state index contributed by atoms with van der Waals surface area (Å²) in [5.41, 5.74) is 19.1. The highest BCUT2D eigenvalue weighted by Crippen LogP contribution is 2.19. The van der Waals surface area contributed by atoms with Crippen LogP contribution < -0.4 is 38.5 Å². The van der Waals surface area contributed by atoms with Crippen LogP contribution in [0.1, 0.15) is 30.4 Å². The van der Waals surface area contributed by atoms with E-state index < -0.39 is 47.8 Å². The SMILES string of the molecule is CN[C@@H](CC1C=NC=N1)C(=O)N[C@H](Cc1ccccc1)C(=O)N[C@@H](CCCN=C(N)N)C(=O)N[C@@H](Cc1c[nH]c2ccccc12)C(N)=O. The maximum Gasteiger partial charge on any atom is 0.243 e. The Kier molecular flexibility index (Phi) is 12.8. The Morgan fingerprint density at radius 3 is 2.21 bits per heavy atom. The average Bonchev–Trinajstić information content (AvgIpc) is 3.74. The summed E-state index contributed by atoms with van der Waals surface area (Å²) in [6.45, 7) is 0.206. The Morgan fingerprint density at radius 1 is 0.854 bits per heavy atom. The number of hydrogen-bond donors (Lipinski definition) is 8. The molecule has 0 bridgehead atoms. The van der Waals surface area contributed by atoms with Crippen LogP contribution in [0.3, 0.4) is 0 Å². The second-order valence-corrected chi connectivity index (χ2v) is 11.5. The molecule has 48 heavy (non-hydrogen) atoms. The predicted octanol–water partition coefficient (Wildman–Crippen LogP) is -0.594. The highest BCUT2D eigenvalue weighted by molar-refractivity contribution is 5.95. The second-order valence-electron chi connectivity index (χ2n) is 11.5. The zero-order valence-electron chi connectivity index (χ0n) is 26.8. The largest absolute Gasteiger partial charge is 0.370 e. The minimum atomic E-state index is -1.10. The monoisotopic (exact) mass is 657 g/mol. The first-order chi connectivity index (χ1) is 23.1. The van der Waals surface area contributed by atoms with Crippen LogP contribution in [0.2, 0.25) is 0 Å². The number of primary amides is 1. The van der Waals surface area contributed by atoms with Crippen molar-refractivity contribution < 1.29 is 19.2 Å². The summed E-state index contributed by atoms with van der Waals surface area (Å²) in [6, 6.07) is 12.6. The fourth-order valence-electron chi connectivity index (χ4n) is 5.41. The molecule has 15 nitrogen and oxygen atoms in total. The van der Waals surface area contributed by atoms with Gasteiger partial charge in [0.2, 0.25) is 23.6 Å². The lowest BCUT2D eigenvalue weighted by molar-refractivity contribution is -0.133. The molecule has 1 unspecified atom stereocenters. The van der Waals surface area contributed by atoms with E-state index in [0.717, 1.165) is 22.0 Å². The summed E-state index contributed by atoms with van der Waals surface area (Å²) in [5.74, 6) is -2.45. The van der Waals surface area contributed by atoms with Gasteiger partial charge in [0.15, 0.2) is 5.96 Å². The van der Waals surface area contributed by atoms with E-state index in [9.17, 15) is 19.2 Å². The number of aliphatic imine (C=N–C) groups is 3. The summed E-state index contributed by atoms with van der Waals surface area (Å²) in [5, 5.41) is 12.2. The molecule has 254 valence electrons. The van der Waals surface area contributed by atoms with Crippen molar-refractivity contribution in [3.63, 3.8) is 0 Å². The molecule has 0 aliphatic carbocycles. The van der Waals surface area contributed by atoms with Gasteiger partial charge in [0, 0.05) is 42.7 Å². The maximum atomic E-state index is 13.9. The molecule has 4 rings (SSSR count). The average molecular weight is 658 g/mol. The highest BCUT2D eigenvalue weighted by atomic mass is 16.2. The van der Waals surface area contributed by atoms with Crippen molar-refractivity contribution in [1.82, 2.24) is 26.3 Å². The minimum Gasteiger partial charge on any atom is -0.370 e. The number of nitrogens with one attached hydrogen (secondary N) is 5. The number of guanidine groups is 1. The van der Waals surface area contributed by atoms with Crippen molar-refractivity contribution in [3.8, 4) is 0 Å². The van der Waals surface area contributed by atoms with E-state index in [-0.39, 0.29) is 37.8 Å². The minimum absolute atomic E-state index is 0.105. The number of benzene rings is 2. The number of likely N-dealkylation sites (N-methyl/N-ethyl adjacent to an activating group) is 1. The summed E-state index contributed by atoms with van der Waals surface area (Å²) in [4.78, 5) is 68.8. The van der Waals surface area contributed by atoms with Gasteiger partial charge in [0.25, 0.3) is 0 Å². The molecule has 11 N–H and O–H groups in total. The van der Waals surface area contributed by atoms with E-state index in [4.69, 9.17) is 17.2 Å². The van der Waals surface area contributed by atoms with E-state index in [1.54, 1.807) is 19.5 Å². The van der Waals surface area contributed by atoms with Crippen LogP contribution >= 0.6 is 0 Å². The van der Waals surface area contributed by atoms with Crippen LogP contribution in [-0.2, 0) is 32.0 Å². The number of amides is 4. The fraction of sp³-hybridized carbons (Fsp3) is 0.364. The molecule has 3 aromatic rings. The van der Waals surface area contributed by atoms with Crippen LogP contribution in [0.4, 0.5) is 0 Å². The van der Waals surface area contributed by atoms with Gasteiger partial charge in [-0.15, -0.1) is 0 Å². The Bertz CT molecular complexity index is 1640. The van der Waals surface area contributed by atoms with E-state index in [1.807, 2.05) is 54.6 Å². The third kappa shape index (κ3) is 10.2. The lowest BCUT2D eigenvalue weighted by atomic mass is 10.0. The standard InChI is InChI=1S/C33H43N11O4/c1-37-27(16-22-18-38-19-41-22)31(47)44-28(14-20-8-3-2-4-9-20)32(48)42-25(12-7-13-39-33(35)36)30(46)43-26(29(34)45)15-21-17-40-24-11-6-5-10-23(21)24/h2-6,8-11,17-19,22,25-28,37,40H,7,12-16H2,1H3,(H2,34,45)(H,42,48)(H,43,46)(H,44,47)(H4,35,36,39)/t22?,25-,26-,27-,28+/m0/s1. The number of aromatic amines is 1. The van der Waals surface area contributed by atoms with Crippen LogP contribution in [0.25, 0.3) is 10.9 Å². The van der Waals surface area contributed by atoms with Crippen LogP contribution in [0, 0.1) is 0 Å².